The third-order valence-corrected chi connectivity index (χ3v) is 3.08. The molecule has 1 aromatic carbocycles. The summed E-state index contributed by atoms with van der Waals surface area (Å²) in [4.78, 5) is 0. The van der Waals surface area contributed by atoms with E-state index in [-0.39, 0.29) is 5.82 Å². The van der Waals surface area contributed by atoms with Crippen molar-refractivity contribution in [3.05, 3.63) is 35.6 Å². The van der Waals surface area contributed by atoms with Crippen molar-refractivity contribution < 1.29 is 9.13 Å². The van der Waals surface area contributed by atoms with Gasteiger partial charge in [-0.1, -0.05) is 25.5 Å². The van der Waals surface area contributed by atoms with E-state index in [9.17, 15) is 4.39 Å². The van der Waals surface area contributed by atoms with Gasteiger partial charge in [-0.2, -0.15) is 0 Å². The van der Waals surface area contributed by atoms with Crippen LogP contribution in [0, 0.1) is 11.7 Å². The van der Waals surface area contributed by atoms with E-state index >= 15 is 0 Å². The van der Waals surface area contributed by atoms with Crippen LogP contribution < -0.4 is 5.73 Å². The van der Waals surface area contributed by atoms with E-state index in [0.29, 0.717) is 12.5 Å². The van der Waals surface area contributed by atoms with E-state index in [1.807, 2.05) is 12.1 Å². The molecule has 1 atom stereocenters. The van der Waals surface area contributed by atoms with Crippen LogP contribution in [-0.4, -0.2) is 19.8 Å². The van der Waals surface area contributed by atoms with Gasteiger partial charge in [-0.3, -0.25) is 0 Å². The number of ether oxygens (including phenoxy) is 1. The maximum Gasteiger partial charge on any atom is 0.123 e. The first kappa shape index (κ1) is 15.1. The van der Waals surface area contributed by atoms with Gasteiger partial charge in [0.15, 0.2) is 0 Å². The molecule has 0 aliphatic carbocycles. The molecule has 1 rings (SSSR count). The van der Waals surface area contributed by atoms with Crippen molar-refractivity contribution in [1.29, 1.82) is 0 Å². The van der Waals surface area contributed by atoms with Gasteiger partial charge in [0.25, 0.3) is 0 Å². The molecule has 2 N–H and O–H groups in total. The molecule has 0 aliphatic heterocycles. The molecule has 1 aromatic rings. The summed E-state index contributed by atoms with van der Waals surface area (Å²) in [5.41, 5.74) is 6.90. The molecule has 2 nitrogen and oxygen atoms in total. The molecule has 0 aliphatic rings. The van der Waals surface area contributed by atoms with Crippen LogP contribution >= 0.6 is 0 Å². The smallest absolute Gasteiger partial charge is 0.123 e. The van der Waals surface area contributed by atoms with Crippen molar-refractivity contribution in [3.8, 4) is 0 Å². The molecule has 0 bridgehead atoms. The molecule has 0 amide bonds. The molecule has 0 heterocycles. The lowest BCUT2D eigenvalue weighted by atomic mass is 9.97. The fraction of sp³-hybridized carbons (Fsp3) is 0.600. The Morgan fingerprint density at radius 1 is 1.22 bits per heavy atom. The van der Waals surface area contributed by atoms with E-state index in [1.54, 1.807) is 0 Å². The minimum absolute atomic E-state index is 0.189. The average molecular weight is 253 g/mol. The zero-order valence-corrected chi connectivity index (χ0v) is 11.2. The van der Waals surface area contributed by atoms with Gasteiger partial charge in [0.2, 0.25) is 0 Å². The summed E-state index contributed by atoms with van der Waals surface area (Å²) in [6.07, 6.45) is 4.15. The number of hydrogen-bond acceptors (Lipinski definition) is 2. The molecular weight excluding hydrogens is 229 g/mol. The Labute approximate surface area is 109 Å². The molecular formula is C15H24FNO. The van der Waals surface area contributed by atoms with Gasteiger partial charge in [-0.15, -0.1) is 0 Å². The monoisotopic (exact) mass is 253 g/mol. The van der Waals surface area contributed by atoms with Crippen LogP contribution in [0.2, 0.25) is 0 Å². The van der Waals surface area contributed by atoms with Crippen LogP contribution in [0.3, 0.4) is 0 Å². The number of halogens is 1. The van der Waals surface area contributed by atoms with E-state index in [0.717, 1.165) is 44.5 Å². The highest BCUT2D eigenvalue weighted by molar-refractivity contribution is 5.16. The zero-order chi connectivity index (χ0) is 13.2. The minimum Gasteiger partial charge on any atom is -0.381 e. The van der Waals surface area contributed by atoms with E-state index in [1.165, 1.54) is 12.1 Å². The summed E-state index contributed by atoms with van der Waals surface area (Å²) < 4.78 is 18.3. The molecule has 102 valence electrons. The second kappa shape index (κ2) is 9.06. The number of unbranched alkanes of at least 4 members (excludes halogenated alkanes) is 1. The fourth-order valence-electron chi connectivity index (χ4n) is 1.86. The van der Waals surface area contributed by atoms with Gasteiger partial charge in [-0.05, 0) is 49.4 Å². The minimum atomic E-state index is -0.189. The lowest BCUT2D eigenvalue weighted by Gasteiger charge is -2.14. The van der Waals surface area contributed by atoms with Crippen LogP contribution in [0.4, 0.5) is 4.39 Å². The predicted molar refractivity (Wildman–Crippen MR) is 73.0 cm³/mol. The Morgan fingerprint density at radius 3 is 2.56 bits per heavy atom. The third kappa shape index (κ3) is 6.12. The molecule has 1 unspecified atom stereocenters. The lowest BCUT2D eigenvalue weighted by Crippen LogP contribution is -2.19. The Kier molecular flexibility index (Phi) is 7.62. The topological polar surface area (TPSA) is 35.2 Å². The molecule has 3 heteroatoms. The molecule has 0 aromatic heterocycles. The van der Waals surface area contributed by atoms with Crippen molar-refractivity contribution in [2.24, 2.45) is 11.7 Å². The predicted octanol–water partition coefficient (Wildman–Crippen LogP) is 3.15. The quantitative estimate of drug-likeness (QED) is 0.686. The number of nitrogens with two attached hydrogens (primary N) is 1. The summed E-state index contributed by atoms with van der Waals surface area (Å²) >= 11 is 0. The summed E-state index contributed by atoms with van der Waals surface area (Å²) in [6.45, 7) is 4.41. The van der Waals surface area contributed by atoms with Crippen LogP contribution in [0.1, 0.15) is 31.7 Å². The number of hydrogen-bond donors (Lipinski definition) is 1. The first-order valence-corrected chi connectivity index (χ1v) is 6.78. The van der Waals surface area contributed by atoms with Crippen LogP contribution in [-0.2, 0) is 11.2 Å². The molecule has 0 spiro atoms. The Bertz CT molecular complexity index is 313. The summed E-state index contributed by atoms with van der Waals surface area (Å²) in [5, 5.41) is 0. The number of benzene rings is 1. The molecule has 0 fully saturated rings. The van der Waals surface area contributed by atoms with Gasteiger partial charge >= 0.3 is 0 Å². The molecule has 0 radical (unpaired) electrons. The van der Waals surface area contributed by atoms with Gasteiger partial charge in [0, 0.05) is 13.2 Å². The van der Waals surface area contributed by atoms with E-state index in [2.05, 4.69) is 6.92 Å². The van der Waals surface area contributed by atoms with E-state index < -0.39 is 0 Å². The normalized spacial score (nSPS) is 12.6. The highest BCUT2D eigenvalue weighted by Gasteiger charge is 2.08. The third-order valence-electron chi connectivity index (χ3n) is 3.08. The summed E-state index contributed by atoms with van der Waals surface area (Å²) in [7, 11) is 0. The second-order valence-electron chi connectivity index (χ2n) is 4.69. The van der Waals surface area contributed by atoms with Crippen molar-refractivity contribution in [3.63, 3.8) is 0 Å². The lowest BCUT2D eigenvalue weighted by molar-refractivity contribution is 0.118. The summed E-state index contributed by atoms with van der Waals surface area (Å²) in [5.74, 6) is 0.225. The highest BCUT2D eigenvalue weighted by Crippen LogP contribution is 2.12. The van der Waals surface area contributed by atoms with Crippen molar-refractivity contribution in [2.75, 3.05) is 19.8 Å². The SMILES string of the molecule is CCCCOCCC(CN)Cc1ccc(F)cc1. The maximum absolute atomic E-state index is 12.8. The zero-order valence-electron chi connectivity index (χ0n) is 11.2. The average Bonchev–Trinajstić information content (AvgIpc) is 2.39. The maximum atomic E-state index is 12.8. The Hall–Kier alpha value is -0.930. The van der Waals surface area contributed by atoms with Crippen LogP contribution in [0.15, 0.2) is 24.3 Å². The number of rotatable bonds is 9. The first-order valence-electron chi connectivity index (χ1n) is 6.78. The van der Waals surface area contributed by atoms with Gasteiger partial charge in [0.1, 0.15) is 5.82 Å². The molecule has 18 heavy (non-hydrogen) atoms. The van der Waals surface area contributed by atoms with Crippen molar-refractivity contribution in [1.82, 2.24) is 0 Å². The van der Waals surface area contributed by atoms with Crippen molar-refractivity contribution >= 4 is 0 Å². The highest BCUT2D eigenvalue weighted by atomic mass is 19.1. The second-order valence-corrected chi connectivity index (χ2v) is 4.69. The fourth-order valence-corrected chi connectivity index (χ4v) is 1.86. The summed E-state index contributed by atoms with van der Waals surface area (Å²) in [6, 6.07) is 6.66. The Balaban J connectivity index is 2.26. The molecule has 0 saturated carbocycles. The van der Waals surface area contributed by atoms with E-state index in [4.69, 9.17) is 10.5 Å². The van der Waals surface area contributed by atoms with Crippen molar-refractivity contribution in [2.45, 2.75) is 32.6 Å². The largest absolute Gasteiger partial charge is 0.381 e. The molecule has 0 saturated heterocycles. The standard InChI is InChI=1S/C15H24FNO/c1-2-3-9-18-10-8-14(12-17)11-13-4-6-15(16)7-5-13/h4-7,14H,2-3,8-12,17H2,1H3. The van der Waals surface area contributed by atoms with Gasteiger partial charge in [0.05, 0.1) is 0 Å². The van der Waals surface area contributed by atoms with Gasteiger partial charge < -0.3 is 10.5 Å². The van der Waals surface area contributed by atoms with Gasteiger partial charge in [-0.25, -0.2) is 4.39 Å². The first-order chi connectivity index (χ1) is 8.76. The van der Waals surface area contributed by atoms with Crippen LogP contribution in [0.5, 0.6) is 0 Å². The van der Waals surface area contributed by atoms with Crippen LogP contribution in [0.25, 0.3) is 0 Å². The Morgan fingerprint density at radius 2 is 1.94 bits per heavy atom.